The van der Waals surface area contributed by atoms with Crippen molar-refractivity contribution in [2.24, 2.45) is 0 Å². The number of hydrogen-bond acceptors (Lipinski definition) is 4. The van der Waals surface area contributed by atoms with Crippen molar-refractivity contribution in [2.75, 3.05) is 0 Å². The lowest BCUT2D eigenvalue weighted by Gasteiger charge is -2.10. The second kappa shape index (κ2) is 13.0. The van der Waals surface area contributed by atoms with Gasteiger partial charge in [0.05, 0.1) is 11.0 Å². The van der Waals surface area contributed by atoms with E-state index < -0.39 is 0 Å². The lowest BCUT2D eigenvalue weighted by Crippen LogP contribution is -2.00. The number of fused-ring (bicyclic) bond motifs is 6. The van der Waals surface area contributed by atoms with Gasteiger partial charge in [-0.3, -0.25) is 0 Å². The lowest BCUT2D eigenvalue weighted by atomic mass is 10.0. The molecule has 0 N–H and O–H groups in total. The highest BCUT2D eigenvalue weighted by Gasteiger charge is 2.18. The molecule has 0 aliphatic rings. The smallest absolute Gasteiger partial charge is 0.164 e. The van der Waals surface area contributed by atoms with Crippen LogP contribution >= 0.6 is 0 Å². The van der Waals surface area contributed by atoms with Crippen LogP contribution in [0.5, 0.6) is 0 Å². The number of aromatic nitrogens is 4. The van der Waals surface area contributed by atoms with E-state index in [0.717, 1.165) is 77.2 Å². The highest BCUT2D eigenvalue weighted by molar-refractivity contribution is 6.11. The summed E-state index contributed by atoms with van der Waals surface area (Å²) in [7, 11) is 0. The molecule has 0 atom stereocenters. The molecule has 0 aliphatic carbocycles. The van der Waals surface area contributed by atoms with Gasteiger partial charge >= 0.3 is 0 Å². The van der Waals surface area contributed by atoms with Crippen LogP contribution in [0, 0.1) is 0 Å². The molecule has 5 nitrogen and oxygen atoms in total. The fourth-order valence-corrected chi connectivity index (χ4v) is 7.92. The molecule has 0 bridgehead atoms. The van der Waals surface area contributed by atoms with Crippen LogP contribution in [-0.4, -0.2) is 19.5 Å². The monoisotopic (exact) mass is 716 g/mol. The maximum absolute atomic E-state index is 6.48. The summed E-state index contributed by atoms with van der Waals surface area (Å²) in [5.74, 6) is 1.88. The summed E-state index contributed by atoms with van der Waals surface area (Å²) < 4.78 is 8.79. The van der Waals surface area contributed by atoms with E-state index in [1.807, 2.05) is 42.5 Å². The van der Waals surface area contributed by atoms with Gasteiger partial charge in [0.15, 0.2) is 17.5 Å². The molecule has 0 aliphatic heterocycles. The standard InChI is InChI=1S/C51H32N4O/c1-4-13-33(14-5-1)36-19-12-20-38(29-36)50-52-49(35-17-8-3-9-18-35)53-51(54-50)39-23-27-46-43(31-39)41-21-10-11-22-45(41)55(46)40-25-26-42-44-30-37(34-15-6-2-7-16-34)24-28-47(44)56-48(42)32-40/h1-32H. The van der Waals surface area contributed by atoms with Gasteiger partial charge in [-0.25, -0.2) is 15.0 Å². The van der Waals surface area contributed by atoms with Crippen molar-refractivity contribution in [1.29, 1.82) is 0 Å². The Kier molecular flexibility index (Phi) is 7.42. The third-order valence-corrected chi connectivity index (χ3v) is 10.6. The molecular weight excluding hydrogens is 685 g/mol. The van der Waals surface area contributed by atoms with Crippen LogP contribution in [0.1, 0.15) is 0 Å². The van der Waals surface area contributed by atoms with Crippen LogP contribution in [0.3, 0.4) is 0 Å². The van der Waals surface area contributed by atoms with Crippen molar-refractivity contribution in [2.45, 2.75) is 0 Å². The first-order chi connectivity index (χ1) is 27.7. The average Bonchev–Trinajstić information content (AvgIpc) is 3.81. The van der Waals surface area contributed by atoms with Crippen LogP contribution < -0.4 is 0 Å². The molecule has 5 heteroatoms. The van der Waals surface area contributed by atoms with Crippen LogP contribution in [0.4, 0.5) is 0 Å². The van der Waals surface area contributed by atoms with E-state index in [2.05, 4.69) is 156 Å². The summed E-state index contributed by atoms with van der Waals surface area (Å²) in [4.78, 5) is 15.2. The van der Waals surface area contributed by atoms with Gasteiger partial charge in [-0.15, -0.1) is 0 Å². The zero-order chi connectivity index (χ0) is 37.0. The molecule has 262 valence electrons. The SMILES string of the molecule is c1ccc(-c2cccc(-c3nc(-c4ccccc4)nc(-c4ccc5c(c4)c4ccccc4n5-c4ccc5c(c4)oc4ccc(-c6ccccc6)cc45)n3)c2)cc1. The topological polar surface area (TPSA) is 56.7 Å². The molecule has 0 amide bonds. The molecule has 56 heavy (non-hydrogen) atoms. The maximum atomic E-state index is 6.48. The van der Waals surface area contributed by atoms with E-state index >= 15 is 0 Å². The summed E-state index contributed by atoms with van der Waals surface area (Å²) in [6.45, 7) is 0. The number of benzene rings is 8. The zero-order valence-electron chi connectivity index (χ0n) is 30.2. The number of furan rings is 1. The van der Waals surface area contributed by atoms with Gasteiger partial charge in [-0.05, 0) is 76.9 Å². The first-order valence-corrected chi connectivity index (χ1v) is 18.8. The number of rotatable bonds is 6. The van der Waals surface area contributed by atoms with Crippen molar-refractivity contribution in [3.63, 3.8) is 0 Å². The number of hydrogen-bond donors (Lipinski definition) is 0. The Morgan fingerprint density at radius 2 is 0.839 bits per heavy atom. The Labute approximate surface area is 322 Å². The van der Waals surface area contributed by atoms with E-state index in [4.69, 9.17) is 19.4 Å². The molecule has 3 heterocycles. The normalized spacial score (nSPS) is 11.6. The molecule has 8 aromatic carbocycles. The van der Waals surface area contributed by atoms with Crippen molar-refractivity contribution in [1.82, 2.24) is 19.5 Å². The molecule has 0 radical (unpaired) electrons. The van der Waals surface area contributed by atoms with Crippen molar-refractivity contribution >= 4 is 43.7 Å². The first-order valence-electron chi connectivity index (χ1n) is 18.8. The van der Waals surface area contributed by atoms with Crippen LogP contribution in [0.25, 0.3) is 106 Å². The molecule has 0 fully saturated rings. The third-order valence-electron chi connectivity index (χ3n) is 10.6. The predicted octanol–water partition coefficient (Wildman–Crippen LogP) is 13.2. The van der Waals surface area contributed by atoms with E-state index in [-0.39, 0.29) is 0 Å². The zero-order valence-corrected chi connectivity index (χ0v) is 30.2. The van der Waals surface area contributed by atoms with Gasteiger partial charge in [0.25, 0.3) is 0 Å². The van der Waals surface area contributed by atoms with Gasteiger partial charge in [0, 0.05) is 50.0 Å². The summed E-state index contributed by atoms with van der Waals surface area (Å²) in [6, 6.07) is 67.4. The van der Waals surface area contributed by atoms with E-state index in [1.54, 1.807) is 0 Å². The molecule has 0 unspecified atom stereocenters. The van der Waals surface area contributed by atoms with Crippen LogP contribution in [0.15, 0.2) is 199 Å². The molecule has 0 saturated carbocycles. The number of para-hydroxylation sites is 1. The fourth-order valence-electron chi connectivity index (χ4n) is 7.92. The highest BCUT2D eigenvalue weighted by atomic mass is 16.3. The summed E-state index contributed by atoms with van der Waals surface area (Å²) in [6.07, 6.45) is 0. The Morgan fingerprint density at radius 3 is 1.57 bits per heavy atom. The van der Waals surface area contributed by atoms with Gasteiger partial charge in [-0.1, -0.05) is 133 Å². The maximum Gasteiger partial charge on any atom is 0.164 e. The van der Waals surface area contributed by atoms with Crippen molar-refractivity contribution < 1.29 is 4.42 Å². The minimum Gasteiger partial charge on any atom is -0.456 e. The van der Waals surface area contributed by atoms with Crippen LogP contribution in [-0.2, 0) is 0 Å². The minimum atomic E-state index is 0.622. The third kappa shape index (κ3) is 5.45. The quantitative estimate of drug-likeness (QED) is 0.172. The summed E-state index contributed by atoms with van der Waals surface area (Å²) in [5, 5.41) is 4.47. The van der Waals surface area contributed by atoms with Gasteiger partial charge in [0.1, 0.15) is 11.2 Å². The largest absolute Gasteiger partial charge is 0.456 e. The average molecular weight is 717 g/mol. The molecule has 0 saturated heterocycles. The Balaban J connectivity index is 1.05. The van der Waals surface area contributed by atoms with Crippen molar-refractivity contribution in [3.8, 4) is 62.1 Å². The minimum absolute atomic E-state index is 0.622. The van der Waals surface area contributed by atoms with Gasteiger partial charge in [0.2, 0.25) is 0 Å². The molecule has 0 spiro atoms. The second-order valence-corrected chi connectivity index (χ2v) is 14.1. The van der Waals surface area contributed by atoms with E-state index in [1.165, 1.54) is 11.1 Å². The van der Waals surface area contributed by atoms with Crippen molar-refractivity contribution in [3.05, 3.63) is 194 Å². The lowest BCUT2D eigenvalue weighted by molar-refractivity contribution is 0.668. The van der Waals surface area contributed by atoms with E-state index in [9.17, 15) is 0 Å². The van der Waals surface area contributed by atoms with E-state index in [0.29, 0.717) is 17.5 Å². The first kappa shape index (κ1) is 31.9. The second-order valence-electron chi connectivity index (χ2n) is 14.1. The Bertz CT molecular complexity index is 3240. The number of nitrogens with zero attached hydrogens (tertiary/aromatic N) is 4. The fraction of sp³-hybridized carbons (Fsp3) is 0. The molecule has 3 aromatic heterocycles. The highest BCUT2D eigenvalue weighted by Crippen LogP contribution is 2.38. The Hall–Kier alpha value is -7.63. The van der Waals surface area contributed by atoms with Gasteiger partial charge < -0.3 is 8.98 Å². The molecule has 11 rings (SSSR count). The molecule has 11 aromatic rings. The van der Waals surface area contributed by atoms with Crippen LogP contribution in [0.2, 0.25) is 0 Å². The molecular formula is C51H32N4O. The predicted molar refractivity (Wildman–Crippen MR) is 229 cm³/mol. The Morgan fingerprint density at radius 1 is 0.304 bits per heavy atom. The summed E-state index contributed by atoms with van der Waals surface area (Å²) >= 11 is 0. The van der Waals surface area contributed by atoms with Gasteiger partial charge in [-0.2, -0.15) is 0 Å². The summed E-state index contributed by atoms with van der Waals surface area (Å²) in [5.41, 5.74) is 12.4.